The topological polar surface area (TPSA) is 109 Å². The van der Waals surface area contributed by atoms with Gasteiger partial charge in [0.15, 0.2) is 0 Å². The summed E-state index contributed by atoms with van der Waals surface area (Å²) in [6.45, 7) is 5.23. The van der Waals surface area contributed by atoms with Crippen molar-refractivity contribution < 1.29 is 4.79 Å². The number of carbonyl (C=O) groups excluding carboxylic acids is 1. The van der Waals surface area contributed by atoms with Crippen LogP contribution in [0, 0.1) is 0 Å². The summed E-state index contributed by atoms with van der Waals surface area (Å²) in [7, 11) is 0. The molecule has 0 spiro atoms. The molecule has 1 atom stereocenters. The maximum Gasteiger partial charge on any atom is 0.261 e. The van der Waals surface area contributed by atoms with Crippen molar-refractivity contribution in [1.29, 1.82) is 0 Å². The van der Waals surface area contributed by atoms with E-state index in [-0.39, 0.29) is 5.91 Å². The first-order valence-corrected chi connectivity index (χ1v) is 12.2. The Balaban J connectivity index is 1.71. The average molecular weight is 517 g/mol. The molecule has 3 N–H and O–H groups in total. The van der Waals surface area contributed by atoms with E-state index in [1.807, 2.05) is 44.2 Å². The maximum absolute atomic E-state index is 13.4. The van der Waals surface area contributed by atoms with Gasteiger partial charge in [-0.1, -0.05) is 65.3 Å². The number of nitrogens with zero attached hydrogens (tertiary/aromatic N) is 5. The summed E-state index contributed by atoms with van der Waals surface area (Å²) in [5, 5.41) is 18.4. The third kappa shape index (κ3) is 5.52. The molecule has 12 heteroatoms. The number of carbonyl (C=O) groups is 1. The van der Waals surface area contributed by atoms with E-state index in [1.165, 1.54) is 11.8 Å². The van der Waals surface area contributed by atoms with E-state index >= 15 is 0 Å². The summed E-state index contributed by atoms with van der Waals surface area (Å²) < 4.78 is 1.70. The second-order valence-corrected chi connectivity index (χ2v) is 9.05. The predicted octanol–water partition coefficient (Wildman–Crippen LogP) is 5.16. The predicted molar refractivity (Wildman–Crippen MR) is 137 cm³/mol. The summed E-state index contributed by atoms with van der Waals surface area (Å²) in [6, 6.07) is 14.3. The number of amides is 1. The summed E-state index contributed by atoms with van der Waals surface area (Å²) in [5.41, 5.74) is 1.30. The Kier molecular flexibility index (Phi) is 7.71. The van der Waals surface area contributed by atoms with E-state index in [9.17, 15) is 4.79 Å². The van der Waals surface area contributed by atoms with Crippen LogP contribution in [0.2, 0.25) is 10.0 Å². The zero-order valence-corrected chi connectivity index (χ0v) is 20.7. The van der Waals surface area contributed by atoms with E-state index in [4.69, 9.17) is 23.2 Å². The van der Waals surface area contributed by atoms with Gasteiger partial charge >= 0.3 is 0 Å². The van der Waals surface area contributed by atoms with Crippen LogP contribution in [0.3, 0.4) is 0 Å². The Morgan fingerprint density at radius 2 is 1.71 bits per heavy atom. The molecule has 2 aromatic carbocycles. The molecule has 0 saturated heterocycles. The highest BCUT2D eigenvalue weighted by Gasteiger charge is 2.26. The minimum atomic E-state index is -0.644. The Bertz CT molecular complexity index is 1280. The zero-order chi connectivity index (χ0) is 24.1. The number of fused-ring (bicyclic) bond motifs is 1. The van der Waals surface area contributed by atoms with Crippen LogP contribution in [0.1, 0.15) is 24.7 Å². The molecule has 0 aliphatic carbocycles. The highest BCUT2D eigenvalue weighted by atomic mass is 35.5. The van der Waals surface area contributed by atoms with Crippen molar-refractivity contribution in [3.63, 3.8) is 0 Å². The molecule has 0 fully saturated rings. The van der Waals surface area contributed by atoms with Gasteiger partial charge in [0.1, 0.15) is 5.25 Å². The lowest BCUT2D eigenvalue weighted by Crippen LogP contribution is -2.19. The van der Waals surface area contributed by atoms with E-state index in [1.54, 1.807) is 22.6 Å². The van der Waals surface area contributed by atoms with Gasteiger partial charge in [-0.05, 0) is 37.6 Å². The molecule has 4 rings (SSSR count). The molecule has 4 aromatic rings. The van der Waals surface area contributed by atoms with Gasteiger partial charge in [0.05, 0.1) is 0 Å². The van der Waals surface area contributed by atoms with Crippen LogP contribution < -0.4 is 16.0 Å². The third-order valence-electron chi connectivity index (χ3n) is 4.61. The van der Waals surface area contributed by atoms with Crippen LogP contribution in [0.15, 0.2) is 53.7 Å². The molecular weight excluding hydrogens is 495 g/mol. The largest absolute Gasteiger partial charge is 0.355 e. The van der Waals surface area contributed by atoms with Gasteiger partial charge < -0.3 is 16.0 Å². The van der Waals surface area contributed by atoms with Crippen molar-refractivity contribution in [3.05, 3.63) is 64.1 Å². The molecule has 34 heavy (non-hydrogen) atoms. The summed E-state index contributed by atoms with van der Waals surface area (Å²) in [4.78, 5) is 22.4. The van der Waals surface area contributed by atoms with E-state index in [0.29, 0.717) is 51.7 Å². The first-order valence-electron chi connectivity index (χ1n) is 10.6. The SMILES string of the molecule is CCNc1nc(NCC)n2c(S[C@H](C(=O)Nc3cc(Cl)cc(Cl)c3)c3ccccc3)nnc2n1. The second-order valence-electron chi connectivity index (χ2n) is 7.11. The lowest BCUT2D eigenvalue weighted by molar-refractivity contribution is -0.115. The van der Waals surface area contributed by atoms with Crippen LogP contribution >= 0.6 is 35.0 Å². The number of nitrogens with one attached hydrogen (secondary N) is 3. The van der Waals surface area contributed by atoms with Crippen LogP contribution in [-0.2, 0) is 4.79 Å². The van der Waals surface area contributed by atoms with Crippen LogP contribution in [-0.4, -0.2) is 43.6 Å². The molecule has 9 nitrogen and oxygen atoms in total. The van der Waals surface area contributed by atoms with Crippen LogP contribution in [0.5, 0.6) is 0 Å². The van der Waals surface area contributed by atoms with Crippen molar-refractivity contribution in [2.24, 2.45) is 0 Å². The monoisotopic (exact) mass is 516 g/mol. The molecule has 0 aliphatic rings. The van der Waals surface area contributed by atoms with Crippen LogP contribution in [0.4, 0.5) is 17.6 Å². The Hall–Kier alpha value is -3.08. The standard InChI is InChI=1S/C22H22Cl2N8OS/c1-3-25-19-28-20(26-4-2)32-21(29-19)30-31-22(32)34-17(13-8-6-5-7-9-13)18(33)27-16-11-14(23)10-15(24)12-16/h5-12,17H,3-4H2,1-2H3,(H,27,33)(H2,25,26,28,29,30)/t17-/m0/s1. The fraction of sp³-hybridized carbons (Fsp3) is 0.227. The summed E-state index contributed by atoms with van der Waals surface area (Å²) in [6.07, 6.45) is 0. The molecule has 2 heterocycles. The first-order chi connectivity index (χ1) is 16.5. The number of anilines is 3. The fourth-order valence-electron chi connectivity index (χ4n) is 3.22. The molecule has 2 aromatic heterocycles. The zero-order valence-electron chi connectivity index (χ0n) is 18.4. The van der Waals surface area contributed by atoms with E-state index in [2.05, 4.69) is 36.1 Å². The molecule has 0 saturated carbocycles. The van der Waals surface area contributed by atoms with Gasteiger partial charge in [-0.3, -0.25) is 4.79 Å². The Morgan fingerprint density at radius 3 is 2.38 bits per heavy atom. The third-order valence-corrected chi connectivity index (χ3v) is 6.24. The quantitative estimate of drug-likeness (QED) is 0.261. The second kappa shape index (κ2) is 10.9. The highest BCUT2D eigenvalue weighted by molar-refractivity contribution is 8.00. The number of hydrogen-bond acceptors (Lipinski definition) is 8. The Morgan fingerprint density at radius 1 is 1.00 bits per heavy atom. The van der Waals surface area contributed by atoms with Crippen molar-refractivity contribution >= 4 is 64.2 Å². The normalized spacial score (nSPS) is 11.9. The van der Waals surface area contributed by atoms with Crippen molar-refractivity contribution in [2.75, 3.05) is 29.0 Å². The molecule has 0 unspecified atom stereocenters. The molecule has 1 amide bonds. The van der Waals surface area contributed by atoms with Gasteiger partial charge in [0, 0.05) is 28.8 Å². The summed E-state index contributed by atoms with van der Waals surface area (Å²) in [5.74, 6) is 1.09. The Labute approximate surface area is 210 Å². The molecular formula is C22H22Cl2N8OS. The minimum absolute atomic E-state index is 0.263. The lowest BCUT2D eigenvalue weighted by atomic mass is 10.1. The molecule has 0 radical (unpaired) electrons. The molecule has 176 valence electrons. The van der Waals surface area contributed by atoms with E-state index in [0.717, 1.165) is 5.56 Å². The average Bonchev–Trinajstić information content (AvgIpc) is 3.20. The van der Waals surface area contributed by atoms with Gasteiger partial charge in [-0.2, -0.15) is 9.97 Å². The van der Waals surface area contributed by atoms with E-state index < -0.39 is 5.25 Å². The minimum Gasteiger partial charge on any atom is -0.355 e. The van der Waals surface area contributed by atoms with Crippen molar-refractivity contribution in [2.45, 2.75) is 24.3 Å². The number of thioether (sulfide) groups is 1. The fourth-order valence-corrected chi connectivity index (χ4v) is 4.78. The molecule has 0 aliphatic heterocycles. The van der Waals surface area contributed by atoms with Crippen LogP contribution in [0.25, 0.3) is 5.78 Å². The van der Waals surface area contributed by atoms with Gasteiger partial charge in [-0.15, -0.1) is 10.2 Å². The number of halogens is 2. The number of benzene rings is 2. The summed E-state index contributed by atoms with van der Waals surface area (Å²) >= 11 is 13.5. The number of hydrogen-bond donors (Lipinski definition) is 3. The van der Waals surface area contributed by atoms with Crippen molar-refractivity contribution in [1.82, 2.24) is 24.6 Å². The molecule has 0 bridgehead atoms. The van der Waals surface area contributed by atoms with Gasteiger partial charge in [-0.25, -0.2) is 4.40 Å². The highest BCUT2D eigenvalue weighted by Crippen LogP contribution is 2.36. The number of rotatable bonds is 9. The van der Waals surface area contributed by atoms with Gasteiger partial charge in [0.2, 0.25) is 23.0 Å². The maximum atomic E-state index is 13.4. The lowest BCUT2D eigenvalue weighted by Gasteiger charge is -2.17. The van der Waals surface area contributed by atoms with Crippen molar-refractivity contribution in [3.8, 4) is 0 Å². The van der Waals surface area contributed by atoms with Gasteiger partial charge in [0.25, 0.3) is 5.78 Å². The smallest absolute Gasteiger partial charge is 0.261 e. The number of aromatic nitrogens is 5. The first kappa shape index (κ1) is 24.1.